The van der Waals surface area contributed by atoms with Gasteiger partial charge in [0.05, 0.1) is 11.4 Å². The molecule has 4 rings (SSSR count). The van der Waals surface area contributed by atoms with Gasteiger partial charge in [0.2, 0.25) is 11.8 Å². The summed E-state index contributed by atoms with van der Waals surface area (Å²) in [5.41, 5.74) is 2.04. The number of halogens is 1. The monoisotopic (exact) mass is 485 g/mol. The molecule has 8 heteroatoms. The fraction of sp³-hybridized carbons (Fsp3) is 0.0370. The van der Waals surface area contributed by atoms with Crippen LogP contribution in [-0.4, -0.2) is 22.6 Å². The van der Waals surface area contributed by atoms with Crippen molar-refractivity contribution in [2.24, 2.45) is 0 Å². The smallest absolute Gasteiger partial charge is 0.248 e. The van der Waals surface area contributed by atoms with Crippen LogP contribution in [0.15, 0.2) is 90.3 Å². The Labute approximate surface area is 205 Å². The molecule has 0 saturated carbocycles. The van der Waals surface area contributed by atoms with Crippen LogP contribution in [0.3, 0.4) is 0 Å². The molecular weight excluding hydrogens is 465 g/mol. The van der Waals surface area contributed by atoms with Crippen molar-refractivity contribution in [3.63, 3.8) is 0 Å². The standard InChI is InChI=1S/C27H20FN3O3S/c1-18(32)31(24-13-6-5-12-23(24)28)27-30-22(17-35-27)14-15-25(33)29-21-11-7-10-20(16-21)26(34)19-8-3-2-4-9-19/h2-17H,1H3,(H,29,33)/b15-14+. The van der Waals surface area contributed by atoms with Gasteiger partial charge in [0.15, 0.2) is 10.9 Å². The third-order valence-corrected chi connectivity index (χ3v) is 5.79. The number of thiazole rings is 1. The van der Waals surface area contributed by atoms with Crippen LogP contribution in [0, 0.1) is 5.82 Å². The average molecular weight is 486 g/mol. The highest BCUT2D eigenvalue weighted by atomic mass is 32.1. The van der Waals surface area contributed by atoms with Gasteiger partial charge in [-0.2, -0.15) is 0 Å². The number of para-hydroxylation sites is 1. The molecule has 0 radical (unpaired) electrons. The van der Waals surface area contributed by atoms with Crippen molar-refractivity contribution in [1.82, 2.24) is 4.98 Å². The van der Waals surface area contributed by atoms with E-state index in [1.54, 1.807) is 66.0 Å². The molecule has 35 heavy (non-hydrogen) atoms. The number of carbonyl (C=O) groups is 3. The van der Waals surface area contributed by atoms with Gasteiger partial charge in [-0.3, -0.25) is 19.3 Å². The number of nitrogens with one attached hydrogen (secondary N) is 1. The average Bonchev–Trinajstić information content (AvgIpc) is 3.32. The van der Waals surface area contributed by atoms with E-state index in [9.17, 15) is 18.8 Å². The molecule has 0 aliphatic rings. The number of hydrogen-bond acceptors (Lipinski definition) is 5. The minimum Gasteiger partial charge on any atom is -0.322 e. The summed E-state index contributed by atoms with van der Waals surface area (Å²) in [4.78, 5) is 42.8. The summed E-state index contributed by atoms with van der Waals surface area (Å²) in [5, 5.41) is 4.67. The number of rotatable bonds is 7. The van der Waals surface area contributed by atoms with Crippen LogP contribution in [0.1, 0.15) is 28.5 Å². The van der Waals surface area contributed by atoms with Crippen LogP contribution in [0.2, 0.25) is 0 Å². The Balaban J connectivity index is 1.45. The lowest BCUT2D eigenvalue weighted by Gasteiger charge is -2.18. The SMILES string of the molecule is CC(=O)N(c1nc(/C=C/C(=O)Nc2cccc(C(=O)c3ccccc3)c2)cs1)c1ccccc1F. The Hall–Kier alpha value is -4.43. The maximum absolute atomic E-state index is 14.2. The molecule has 0 aliphatic carbocycles. The molecule has 174 valence electrons. The lowest BCUT2D eigenvalue weighted by atomic mass is 10.0. The van der Waals surface area contributed by atoms with Crippen LogP contribution < -0.4 is 10.2 Å². The third kappa shape index (κ3) is 5.74. The zero-order valence-corrected chi connectivity index (χ0v) is 19.5. The van der Waals surface area contributed by atoms with Gasteiger partial charge in [0, 0.05) is 35.2 Å². The molecule has 0 spiro atoms. The molecule has 0 atom stereocenters. The van der Waals surface area contributed by atoms with Crippen LogP contribution in [0.5, 0.6) is 0 Å². The number of carbonyl (C=O) groups excluding carboxylic acids is 3. The van der Waals surface area contributed by atoms with Gasteiger partial charge in [0.1, 0.15) is 5.82 Å². The summed E-state index contributed by atoms with van der Waals surface area (Å²) in [7, 11) is 0. The van der Waals surface area contributed by atoms with Crippen LogP contribution in [0.4, 0.5) is 20.9 Å². The fourth-order valence-corrected chi connectivity index (χ4v) is 4.18. The fourth-order valence-electron chi connectivity index (χ4n) is 3.34. The molecule has 0 aliphatic heterocycles. The molecule has 1 aromatic heterocycles. The zero-order valence-electron chi connectivity index (χ0n) is 18.6. The first-order valence-corrected chi connectivity index (χ1v) is 11.5. The van der Waals surface area contributed by atoms with E-state index < -0.39 is 11.7 Å². The predicted octanol–water partition coefficient (Wildman–Crippen LogP) is 5.85. The quantitative estimate of drug-likeness (QED) is 0.263. The van der Waals surface area contributed by atoms with Crippen molar-refractivity contribution < 1.29 is 18.8 Å². The summed E-state index contributed by atoms with van der Waals surface area (Å²) in [6.45, 7) is 1.33. The minimum absolute atomic E-state index is 0.104. The Kier molecular flexibility index (Phi) is 7.23. The van der Waals surface area contributed by atoms with E-state index in [4.69, 9.17) is 0 Å². The van der Waals surface area contributed by atoms with Crippen molar-refractivity contribution in [2.45, 2.75) is 6.92 Å². The molecule has 4 aromatic rings. The van der Waals surface area contributed by atoms with Gasteiger partial charge in [0.25, 0.3) is 0 Å². The van der Waals surface area contributed by atoms with E-state index in [-0.39, 0.29) is 22.5 Å². The topological polar surface area (TPSA) is 79.4 Å². The predicted molar refractivity (Wildman–Crippen MR) is 135 cm³/mol. The second-order valence-electron chi connectivity index (χ2n) is 7.46. The van der Waals surface area contributed by atoms with Crippen LogP contribution >= 0.6 is 11.3 Å². The Bertz CT molecular complexity index is 1420. The first-order chi connectivity index (χ1) is 16.9. The second-order valence-corrected chi connectivity index (χ2v) is 8.30. The molecule has 6 nitrogen and oxygen atoms in total. The number of amides is 2. The Morgan fingerprint density at radius 3 is 2.40 bits per heavy atom. The van der Waals surface area contributed by atoms with E-state index in [0.717, 1.165) is 11.3 Å². The summed E-state index contributed by atoms with van der Waals surface area (Å²) in [5.74, 6) is -1.48. The molecule has 0 fully saturated rings. The van der Waals surface area contributed by atoms with Gasteiger partial charge in [-0.1, -0.05) is 54.6 Å². The van der Waals surface area contributed by atoms with Crippen molar-refractivity contribution in [3.05, 3.63) is 113 Å². The van der Waals surface area contributed by atoms with Crippen molar-refractivity contribution in [1.29, 1.82) is 0 Å². The number of anilines is 3. The molecule has 1 heterocycles. The molecule has 2 amide bonds. The van der Waals surface area contributed by atoms with Crippen molar-refractivity contribution in [2.75, 3.05) is 10.2 Å². The summed E-state index contributed by atoms with van der Waals surface area (Å²) in [6, 6.07) is 21.5. The van der Waals surface area contributed by atoms with Crippen molar-refractivity contribution in [3.8, 4) is 0 Å². The Morgan fingerprint density at radius 2 is 1.66 bits per heavy atom. The molecular formula is C27H20FN3O3S. The van der Waals surface area contributed by atoms with Gasteiger partial charge in [-0.15, -0.1) is 11.3 Å². The van der Waals surface area contributed by atoms with E-state index in [0.29, 0.717) is 22.5 Å². The minimum atomic E-state index is -0.539. The van der Waals surface area contributed by atoms with Gasteiger partial charge < -0.3 is 5.32 Å². The summed E-state index contributed by atoms with van der Waals surface area (Å²) in [6.07, 6.45) is 2.79. The van der Waals surface area contributed by atoms with E-state index in [2.05, 4.69) is 10.3 Å². The molecule has 0 bridgehead atoms. The maximum Gasteiger partial charge on any atom is 0.248 e. The number of hydrogen-bond donors (Lipinski definition) is 1. The van der Waals surface area contributed by atoms with E-state index >= 15 is 0 Å². The number of ketones is 1. The highest BCUT2D eigenvalue weighted by Gasteiger charge is 2.20. The normalized spacial score (nSPS) is 10.8. The zero-order chi connectivity index (χ0) is 24.8. The molecule has 1 N–H and O–H groups in total. The van der Waals surface area contributed by atoms with Gasteiger partial charge in [-0.05, 0) is 30.3 Å². The second kappa shape index (κ2) is 10.7. The highest BCUT2D eigenvalue weighted by Crippen LogP contribution is 2.31. The largest absolute Gasteiger partial charge is 0.322 e. The molecule has 3 aromatic carbocycles. The first-order valence-electron chi connectivity index (χ1n) is 10.6. The van der Waals surface area contributed by atoms with Gasteiger partial charge >= 0.3 is 0 Å². The van der Waals surface area contributed by atoms with Gasteiger partial charge in [-0.25, -0.2) is 9.37 Å². The lowest BCUT2D eigenvalue weighted by molar-refractivity contribution is -0.116. The third-order valence-electron chi connectivity index (χ3n) is 4.94. The first kappa shape index (κ1) is 23.7. The summed E-state index contributed by atoms with van der Waals surface area (Å²) < 4.78 is 14.2. The molecule has 0 saturated heterocycles. The number of nitrogens with zero attached hydrogens (tertiary/aromatic N) is 2. The van der Waals surface area contributed by atoms with Crippen molar-refractivity contribution >= 4 is 51.5 Å². The number of aromatic nitrogens is 1. The summed E-state index contributed by atoms with van der Waals surface area (Å²) >= 11 is 1.16. The highest BCUT2D eigenvalue weighted by molar-refractivity contribution is 7.14. The lowest BCUT2D eigenvalue weighted by Crippen LogP contribution is -2.23. The van der Waals surface area contributed by atoms with Crippen LogP contribution in [-0.2, 0) is 9.59 Å². The number of benzene rings is 3. The van der Waals surface area contributed by atoms with E-state index in [1.165, 1.54) is 36.1 Å². The molecule has 0 unspecified atom stereocenters. The van der Waals surface area contributed by atoms with Crippen LogP contribution in [0.25, 0.3) is 6.08 Å². The van der Waals surface area contributed by atoms with E-state index in [1.807, 2.05) is 6.07 Å². The Morgan fingerprint density at radius 1 is 0.943 bits per heavy atom. The maximum atomic E-state index is 14.2.